The van der Waals surface area contributed by atoms with Crippen molar-refractivity contribution in [3.63, 3.8) is 0 Å². The summed E-state index contributed by atoms with van der Waals surface area (Å²) in [6.07, 6.45) is 1.90. The maximum Gasteiger partial charge on any atom is 0.161 e. The van der Waals surface area contributed by atoms with Gasteiger partial charge in [-0.1, -0.05) is 57.2 Å². The third kappa shape index (κ3) is 5.14. The molecule has 0 unspecified atom stereocenters. The highest BCUT2D eigenvalue weighted by molar-refractivity contribution is 5.43. The Balaban J connectivity index is 1.59. The second-order valence-corrected chi connectivity index (χ2v) is 7.88. The molecule has 28 heavy (non-hydrogen) atoms. The molecule has 0 fully saturated rings. The lowest BCUT2D eigenvalue weighted by molar-refractivity contribution is 0.284. The Labute approximate surface area is 167 Å². The summed E-state index contributed by atoms with van der Waals surface area (Å²) in [4.78, 5) is 0. The minimum absolute atomic E-state index is 0.0501. The number of H-pyrrole nitrogens is 1. The number of rotatable bonds is 8. The van der Waals surface area contributed by atoms with Crippen LogP contribution in [-0.2, 0) is 25.1 Å². The van der Waals surface area contributed by atoms with E-state index in [2.05, 4.69) is 42.4 Å². The molecular formula is C23H29N3O2. The van der Waals surface area contributed by atoms with E-state index in [9.17, 15) is 0 Å². The Morgan fingerprint density at radius 2 is 1.75 bits per heavy atom. The molecule has 0 spiro atoms. The maximum absolute atomic E-state index is 5.93. The normalized spacial score (nSPS) is 11.4. The lowest BCUT2D eigenvalue weighted by Gasteiger charge is -2.18. The summed E-state index contributed by atoms with van der Waals surface area (Å²) in [6, 6.07) is 16.2. The van der Waals surface area contributed by atoms with Gasteiger partial charge in [-0.25, -0.2) is 0 Å². The van der Waals surface area contributed by atoms with Gasteiger partial charge >= 0.3 is 0 Å². The van der Waals surface area contributed by atoms with Crippen LogP contribution < -0.4 is 14.8 Å². The van der Waals surface area contributed by atoms with Gasteiger partial charge in [0.25, 0.3) is 0 Å². The largest absolute Gasteiger partial charge is 0.493 e. The van der Waals surface area contributed by atoms with Gasteiger partial charge in [0.1, 0.15) is 6.61 Å². The van der Waals surface area contributed by atoms with E-state index in [-0.39, 0.29) is 5.41 Å². The number of benzene rings is 2. The molecule has 0 amide bonds. The number of methoxy groups -OCH3 is 1. The van der Waals surface area contributed by atoms with Gasteiger partial charge < -0.3 is 14.8 Å². The minimum atomic E-state index is 0.0501. The highest BCUT2D eigenvalue weighted by Crippen LogP contribution is 2.29. The molecule has 0 saturated carbocycles. The fourth-order valence-electron chi connectivity index (χ4n) is 3.11. The molecule has 0 radical (unpaired) electrons. The van der Waals surface area contributed by atoms with Crippen LogP contribution >= 0.6 is 0 Å². The van der Waals surface area contributed by atoms with Crippen molar-refractivity contribution >= 4 is 0 Å². The van der Waals surface area contributed by atoms with E-state index in [0.717, 1.165) is 35.7 Å². The van der Waals surface area contributed by atoms with Crippen LogP contribution in [0.15, 0.2) is 54.7 Å². The molecule has 2 aromatic carbocycles. The third-order valence-corrected chi connectivity index (χ3v) is 4.58. The van der Waals surface area contributed by atoms with Crippen LogP contribution in [0.25, 0.3) is 0 Å². The average Bonchev–Trinajstić information content (AvgIpc) is 3.17. The van der Waals surface area contributed by atoms with Crippen molar-refractivity contribution in [2.24, 2.45) is 0 Å². The summed E-state index contributed by atoms with van der Waals surface area (Å²) in [7, 11) is 1.67. The van der Waals surface area contributed by atoms with E-state index in [1.165, 1.54) is 11.3 Å². The van der Waals surface area contributed by atoms with Crippen molar-refractivity contribution in [1.82, 2.24) is 15.5 Å². The van der Waals surface area contributed by atoms with Crippen LogP contribution in [0.5, 0.6) is 11.5 Å². The monoisotopic (exact) mass is 379 g/mol. The molecule has 2 N–H and O–H groups in total. The molecule has 0 aliphatic heterocycles. The summed E-state index contributed by atoms with van der Waals surface area (Å²) >= 11 is 0. The molecule has 0 aliphatic carbocycles. The van der Waals surface area contributed by atoms with Gasteiger partial charge in [0.05, 0.1) is 13.3 Å². The lowest BCUT2D eigenvalue weighted by Crippen LogP contribution is -2.19. The van der Waals surface area contributed by atoms with Crippen LogP contribution in [0.4, 0.5) is 0 Å². The van der Waals surface area contributed by atoms with Gasteiger partial charge in [-0.2, -0.15) is 5.10 Å². The minimum Gasteiger partial charge on any atom is -0.493 e. The fourth-order valence-corrected chi connectivity index (χ4v) is 3.11. The zero-order valence-corrected chi connectivity index (χ0v) is 17.1. The van der Waals surface area contributed by atoms with Crippen molar-refractivity contribution in [3.8, 4) is 11.5 Å². The first-order valence-electron chi connectivity index (χ1n) is 9.54. The Hall–Kier alpha value is -2.79. The van der Waals surface area contributed by atoms with E-state index in [1.807, 2.05) is 48.7 Å². The summed E-state index contributed by atoms with van der Waals surface area (Å²) < 4.78 is 11.5. The SMILES string of the molecule is COc1cc(CNCc2cn[nH]c2C(C)(C)C)ccc1OCc1ccccc1. The van der Waals surface area contributed by atoms with E-state index < -0.39 is 0 Å². The first kappa shape index (κ1) is 20.0. The quantitative estimate of drug-likeness (QED) is 0.601. The van der Waals surface area contributed by atoms with Crippen molar-refractivity contribution in [2.75, 3.05) is 7.11 Å². The number of hydrogen-bond acceptors (Lipinski definition) is 4. The van der Waals surface area contributed by atoms with E-state index in [0.29, 0.717) is 6.61 Å². The van der Waals surface area contributed by atoms with Crippen molar-refractivity contribution < 1.29 is 9.47 Å². The van der Waals surface area contributed by atoms with Crippen LogP contribution in [0, 0.1) is 0 Å². The molecule has 148 valence electrons. The molecule has 5 nitrogen and oxygen atoms in total. The predicted molar refractivity (Wildman–Crippen MR) is 112 cm³/mol. The van der Waals surface area contributed by atoms with Crippen LogP contribution in [0.3, 0.4) is 0 Å². The van der Waals surface area contributed by atoms with Crippen molar-refractivity contribution in [2.45, 2.75) is 45.9 Å². The molecule has 0 saturated heterocycles. The zero-order chi connectivity index (χ0) is 20.0. The number of aromatic amines is 1. The second-order valence-electron chi connectivity index (χ2n) is 7.88. The summed E-state index contributed by atoms with van der Waals surface area (Å²) in [5, 5.41) is 10.8. The predicted octanol–water partition coefficient (Wildman–Crippen LogP) is 4.58. The van der Waals surface area contributed by atoms with Crippen LogP contribution in [-0.4, -0.2) is 17.3 Å². The summed E-state index contributed by atoms with van der Waals surface area (Å²) in [5.41, 5.74) is 4.69. The first-order valence-corrected chi connectivity index (χ1v) is 9.54. The Morgan fingerprint density at radius 3 is 2.46 bits per heavy atom. The van der Waals surface area contributed by atoms with Gasteiger partial charge in [0, 0.05) is 29.8 Å². The maximum atomic E-state index is 5.93. The van der Waals surface area contributed by atoms with Crippen LogP contribution in [0.2, 0.25) is 0 Å². The van der Waals surface area contributed by atoms with E-state index >= 15 is 0 Å². The Kier molecular flexibility index (Phi) is 6.37. The van der Waals surface area contributed by atoms with Gasteiger partial charge in [-0.15, -0.1) is 0 Å². The molecule has 3 rings (SSSR count). The Bertz CT molecular complexity index is 882. The average molecular weight is 380 g/mol. The number of nitrogens with one attached hydrogen (secondary N) is 2. The first-order chi connectivity index (χ1) is 13.5. The number of aromatic nitrogens is 2. The van der Waals surface area contributed by atoms with Crippen molar-refractivity contribution in [1.29, 1.82) is 0 Å². The Morgan fingerprint density at radius 1 is 0.964 bits per heavy atom. The van der Waals surface area contributed by atoms with Gasteiger partial charge in [-0.05, 0) is 23.3 Å². The number of nitrogens with zero attached hydrogens (tertiary/aromatic N) is 1. The van der Waals surface area contributed by atoms with Gasteiger partial charge in [0.2, 0.25) is 0 Å². The molecule has 1 aromatic heterocycles. The lowest BCUT2D eigenvalue weighted by atomic mass is 9.89. The van der Waals surface area contributed by atoms with Crippen LogP contribution in [0.1, 0.15) is 43.2 Å². The van der Waals surface area contributed by atoms with Gasteiger partial charge in [-0.3, -0.25) is 5.10 Å². The summed E-state index contributed by atoms with van der Waals surface area (Å²) in [6.45, 7) is 8.57. The molecule has 0 aliphatic rings. The zero-order valence-electron chi connectivity index (χ0n) is 17.1. The second kappa shape index (κ2) is 8.93. The standard InChI is InChI=1S/C23H29N3O2/c1-23(2,3)22-19(15-25-26-22)14-24-13-18-10-11-20(21(12-18)27-4)28-16-17-8-6-5-7-9-17/h5-12,15,24H,13-14,16H2,1-4H3,(H,25,26). The van der Waals surface area contributed by atoms with Gasteiger partial charge in [0.15, 0.2) is 11.5 Å². The molecular weight excluding hydrogens is 350 g/mol. The molecule has 0 atom stereocenters. The molecule has 0 bridgehead atoms. The number of hydrogen-bond donors (Lipinski definition) is 2. The molecule has 3 aromatic rings. The van der Waals surface area contributed by atoms with Crippen molar-refractivity contribution in [3.05, 3.63) is 77.1 Å². The highest BCUT2D eigenvalue weighted by atomic mass is 16.5. The molecule has 1 heterocycles. The topological polar surface area (TPSA) is 59.2 Å². The highest BCUT2D eigenvalue weighted by Gasteiger charge is 2.19. The van der Waals surface area contributed by atoms with E-state index in [4.69, 9.17) is 9.47 Å². The summed E-state index contributed by atoms with van der Waals surface area (Å²) in [5.74, 6) is 1.49. The van der Waals surface area contributed by atoms with E-state index in [1.54, 1.807) is 7.11 Å². The number of ether oxygens (including phenoxy) is 2. The third-order valence-electron chi connectivity index (χ3n) is 4.58. The smallest absolute Gasteiger partial charge is 0.161 e. The fraction of sp³-hybridized carbons (Fsp3) is 0.348. The molecule has 5 heteroatoms.